The van der Waals surface area contributed by atoms with Gasteiger partial charge in [0.15, 0.2) is 0 Å². The van der Waals surface area contributed by atoms with Crippen molar-refractivity contribution in [3.05, 3.63) is 59.7 Å². The number of benzene rings is 2. The van der Waals surface area contributed by atoms with Gasteiger partial charge in [0.05, 0.1) is 0 Å². The summed E-state index contributed by atoms with van der Waals surface area (Å²) >= 11 is 0. The van der Waals surface area contributed by atoms with E-state index in [1.165, 1.54) is 4.90 Å². The van der Waals surface area contributed by atoms with E-state index in [4.69, 9.17) is 9.47 Å². The predicted octanol–water partition coefficient (Wildman–Crippen LogP) is 4.24. The maximum Gasteiger partial charge on any atom is 0.410 e. The number of fused-ring (bicyclic) bond motifs is 3. The van der Waals surface area contributed by atoms with E-state index in [0.29, 0.717) is 13.1 Å². The number of aliphatic carboxylic acids is 1. The summed E-state index contributed by atoms with van der Waals surface area (Å²) in [4.78, 5) is 37.8. The fourth-order valence-electron chi connectivity index (χ4n) is 4.53. The van der Waals surface area contributed by atoms with Gasteiger partial charge >= 0.3 is 18.2 Å². The number of alkyl carbamates (subject to hydrolysis) is 1. The van der Waals surface area contributed by atoms with Crippen molar-refractivity contribution >= 4 is 18.2 Å². The van der Waals surface area contributed by atoms with Gasteiger partial charge in [-0.2, -0.15) is 0 Å². The normalized spacial score (nSPS) is 16.1. The van der Waals surface area contributed by atoms with Crippen molar-refractivity contribution in [2.45, 2.75) is 44.8 Å². The quantitative estimate of drug-likeness (QED) is 0.660. The Kier molecular flexibility index (Phi) is 6.50. The third-order valence-electron chi connectivity index (χ3n) is 6.11. The van der Waals surface area contributed by atoms with E-state index in [0.717, 1.165) is 22.3 Å². The molecule has 0 saturated carbocycles. The van der Waals surface area contributed by atoms with E-state index >= 15 is 0 Å². The third kappa shape index (κ3) is 5.16. The molecule has 2 aromatic carbocycles. The minimum atomic E-state index is -1.13. The molecule has 4 rings (SSSR count). The summed E-state index contributed by atoms with van der Waals surface area (Å²) in [6.07, 6.45) is -0.976. The molecular formula is C26H30N2O6. The molecular weight excluding hydrogens is 436 g/mol. The Morgan fingerprint density at radius 3 is 2.12 bits per heavy atom. The minimum absolute atomic E-state index is 0.0393. The first-order valence-corrected chi connectivity index (χ1v) is 11.4. The van der Waals surface area contributed by atoms with Crippen LogP contribution in [0.15, 0.2) is 48.5 Å². The molecule has 8 nitrogen and oxygen atoms in total. The first-order chi connectivity index (χ1) is 16.1. The Morgan fingerprint density at radius 1 is 1.03 bits per heavy atom. The summed E-state index contributed by atoms with van der Waals surface area (Å²) in [6.45, 7) is 6.28. The topological polar surface area (TPSA) is 105 Å². The van der Waals surface area contributed by atoms with Crippen molar-refractivity contribution in [2.24, 2.45) is 5.92 Å². The second kappa shape index (κ2) is 9.37. The summed E-state index contributed by atoms with van der Waals surface area (Å²) in [5.74, 6) is -1.28. The number of hydrogen-bond donors (Lipinski definition) is 2. The van der Waals surface area contributed by atoms with Crippen LogP contribution in [-0.4, -0.2) is 59.5 Å². The molecule has 34 heavy (non-hydrogen) atoms. The standard InChI is InChI=1S/C26H30N2O6/c1-26(2,3)34-25(32)28-13-16(14-28)12-22(23(29)30)27-24(31)33-15-21-19-10-6-4-8-17(19)18-9-5-7-11-20(18)21/h4-11,16,21-22H,12-15H2,1-3H3,(H,27,31)(H,29,30). The second-order valence-electron chi connectivity index (χ2n) is 9.85. The van der Waals surface area contributed by atoms with Gasteiger partial charge in [-0.05, 0) is 55.4 Å². The molecule has 1 heterocycles. The highest BCUT2D eigenvalue weighted by atomic mass is 16.6. The fraction of sp³-hybridized carbons (Fsp3) is 0.423. The number of carboxylic acid groups (broad SMARTS) is 1. The molecule has 1 aliphatic carbocycles. The number of amides is 2. The zero-order valence-corrected chi connectivity index (χ0v) is 19.6. The number of nitrogens with zero attached hydrogens (tertiary/aromatic N) is 1. The molecule has 2 aliphatic rings. The number of carbonyl (C=O) groups is 3. The molecule has 1 atom stereocenters. The maximum absolute atomic E-state index is 12.5. The molecule has 1 saturated heterocycles. The van der Waals surface area contributed by atoms with Gasteiger partial charge in [-0.3, -0.25) is 0 Å². The van der Waals surface area contributed by atoms with E-state index in [1.807, 2.05) is 48.5 Å². The van der Waals surface area contributed by atoms with Crippen LogP contribution in [0.3, 0.4) is 0 Å². The number of hydrogen-bond acceptors (Lipinski definition) is 5. The Labute approximate surface area is 198 Å². The molecule has 1 fully saturated rings. The van der Waals surface area contributed by atoms with Gasteiger partial charge < -0.3 is 24.8 Å². The highest BCUT2D eigenvalue weighted by Crippen LogP contribution is 2.44. The smallest absolute Gasteiger partial charge is 0.410 e. The average Bonchev–Trinajstić information content (AvgIpc) is 3.06. The number of carbonyl (C=O) groups excluding carboxylic acids is 2. The van der Waals surface area contributed by atoms with Gasteiger partial charge in [0.2, 0.25) is 0 Å². The monoisotopic (exact) mass is 466 g/mol. The number of rotatable bonds is 6. The van der Waals surface area contributed by atoms with E-state index in [1.54, 1.807) is 20.8 Å². The second-order valence-corrected chi connectivity index (χ2v) is 9.85. The van der Waals surface area contributed by atoms with Crippen molar-refractivity contribution < 1.29 is 29.0 Å². The Hall–Kier alpha value is -3.55. The lowest BCUT2D eigenvalue weighted by atomic mass is 9.92. The lowest BCUT2D eigenvalue weighted by molar-refractivity contribution is -0.140. The zero-order chi connectivity index (χ0) is 24.5. The summed E-state index contributed by atoms with van der Waals surface area (Å²) in [7, 11) is 0. The third-order valence-corrected chi connectivity index (χ3v) is 6.11. The molecule has 2 aromatic rings. The fourth-order valence-corrected chi connectivity index (χ4v) is 4.53. The Balaban J connectivity index is 1.30. The summed E-state index contributed by atoms with van der Waals surface area (Å²) in [5, 5.41) is 12.1. The predicted molar refractivity (Wildman–Crippen MR) is 126 cm³/mol. The van der Waals surface area contributed by atoms with E-state index in [9.17, 15) is 19.5 Å². The average molecular weight is 467 g/mol. The van der Waals surface area contributed by atoms with E-state index in [-0.39, 0.29) is 24.9 Å². The van der Waals surface area contributed by atoms with Crippen LogP contribution >= 0.6 is 0 Å². The van der Waals surface area contributed by atoms with Crippen molar-refractivity contribution in [3.8, 4) is 11.1 Å². The molecule has 1 unspecified atom stereocenters. The molecule has 0 aromatic heterocycles. The molecule has 0 radical (unpaired) electrons. The molecule has 180 valence electrons. The first kappa shape index (κ1) is 23.6. The van der Waals surface area contributed by atoms with Crippen molar-refractivity contribution in [2.75, 3.05) is 19.7 Å². The largest absolute Gasteiger partial charge is 0.480 e. The Morgan fingerprint density at radius 2 is 1.59 bits per heavy atom. The number of ether oxygens (including phenoxy) is 2. The van der Waals surface area contributed by atoms with Crippen molar-refractivity contribution in [3.63, 3.8) is 0 Å². The van der Waals surface area contributed by atoms with Gasteiger partial charge in [0.25, 0.3) is 0 Å². The highest BCUT2D eigenvalue weighted by molar-refractivity contribution is 5.81. The van der Waals surface area contributed by atoms with Crippen LogP contribution in [0.25, 0.3) is 11.1 Å². The van der Waals surface area contributed by atoms with Crippen LogP contribution < -0.4 is 5.32 Å². The zero-order valence-electron chi connectivity index (χ0n) is 19.6. The van der Waals surface area contributed by atoms with Crippen LogP contribution in [0.1, 0.15) is 44.2 Å². The summed E-state index contributed by atoms with van der Waals surface area (Å²) < 4.78 is 10.8. The molecule has 2 amide bonds. The minimum Gasteiger partial charge on any atom is -0.480 e. The molecule has 8 heteroatoms. The van der Waals surface area contributed by atoms with Crippen molar-refractivity contribution in [1.82, 2.24) is 10.2 Å². The maximum atomic E-state index is 12.5. The van der Waals surface area contributed by atoms with Crippen molar-refractivity contribution in [1.29, 1.82) is 0 Å². The summed E-state index contributed by atoms with van der Waals surface area (Å²) in [6, 6.07) is 14.9. The lowest BCUT2D eigenvalue weighted by Crippen LogP contribution is -2.54. The van der Waals surface area contributed by atoms with Crippen LogP contribution in [0, 0.1) is 5.92 Å². The van der Waals surface area contributed by atoms with Gasteiger partial charge in [-0.1, -0.05) is 48.5 Å². The van der Waals surface area contributed by atoms with E-state index < -0.39 is 29.8 Å². The number of likely N-dealkylation sites (tertiary alicyclic amines) is 1. The van der Waals surface area contributed by atoms with Crippen LogP contribution in [0.5, 0.6) is 0 Å². The lowest BCUT2D eigenvalue weighted by Gasteiger charge is -2.40. The Bertz CT molecular complexity index is 1040. The van der Waals surface area contributed by atoms with Crippen LogP contribution in [-0.2, 0) is 14.3 Å². The molecule has 1 aliphatic heterocycles. The number of carboxylic acids is 1. The van der Waals surface area contributed by atoms with Gasteiger partial charge in [-0.15, -0.1) is 0 Å². The first-order valence-electron chi connectivity index (χ1n) is 11.4. The highest BCUT2D eigenvalue weighted by Gasteiger charge is 2.37. The molecule has 0 bridgehead atoms. The molecule has 2 N–H and O–H groups in total. The van der Waals surface area contributed by atoms with Crippen LogP contribution in [0.2, 0.25) is 0 Å². The number of nitrogens with one attached hydrogen (secondary N) is 1. The van der Waals surface area contributed by atoms with Gasteiger partial charge in [0.1, 0.15) is 18.2 Å². The van der Waals surface area contributed by atoms with Crippen LogP contribution in [0.4, 0.5) is 9.59 Å². The van der Waals surface area contributed by atoms with E-state index in [2.05, 4.69) is 5.32 Å². The van der Waals surface area contributed by atoms with Gasteiger partial charge in [0, 0.05) is 19.0 Å². The SMILES string of the molecule is CC(C)(C)OC(=O)N1CC(CC(NC(=O)OCC2c3ccccc3-c3ccccc32)C(=O)O)C1. The molecule has 0 spiro atoms. The summed E-state index contributed by atoms with van der Waals surface area (Å²) in [5.41, 5.74) is 3.83. The van der Waals surface area contributed by atoms with Gasteiger partial charge in [-0.25, -0.2) is 14.4 Å².